The largest absolute Gasteiger partial charge is 0.506 e. The number of aliphatic carboxylic acids is 1. The van der Waals surface area contributed by atoms with Crippen LogP contribution in [-0.2, 0) is 4.79 Å². The molecule has 1 aromatic heterocycles. The molecule has 0 amide bonds. The summed E-state index contributed by atoms with van der Waals surface area (Å²) in [4.78, 5) is 22.7. The molecule has 17 heavy (non-hydrogen) atoms. The number of aromatic hydroxyl groups is 1. The lowest BCUT2D eigenvalue weighted by Gasteiger charge is -2.14. The molecule has 0 fully saturated rings. The van der Waals surface area contributed by atoms with Gasteiger partial charge in [0.15, 0.2) is 0 Å². The number of carboxylic acid groups (broad SMARTS) is 1. The molecule has 2 rings (SSSR count). The van der Waals surface area contributed by atoms with Gasteiger partial charge in [-0.15, -0.1) is 0 Å². The summed E-state index contributed by atoms with van der Waals surface area (Å²) in [6.07, 6.45) is 0. The highest BCUT2D eigenvalue weighted by molar-refractivity contribution is 5.86. The molecular weight excluding hydrogens is 222 g/mol. The van der Waals surface area contributed by atoms with Gasteiger partial charge in [-0.2, -0.15) is 0 Å². The fourth-order valence-electron chi connectivity index (χ4n) is 1.79. The lowest BCUT2D eigenvalue weighted by atomic mass is 10.1. The molecule has 0 aliphatic heterocycles. The van der Waals surface area contributed by atoms with Crippen LogP contribution in [0.3, 0.4) is 0 Å². The van der Waals surface area contributed by atoms with E-state index < -0.39 is 17.6 Å². The zero-order chi connectivity index (χ0) is 12.6. The summed E-state index contributed by atoms with van der Waals surface area (Å²) in [5.41, 5.74) is -0.205. The molecule has 0 radical (unpaired) electrons. The monoisotopic (exact) mass is 233 g/mol. The first kappa shape index (κ1) is 11.2. The van der Waals surface area contributed by atoms with Crippen LogP contribution < -0.4 is 5.56 Å². The Morgan fingerprint density at radius 3 is 2.65 bits per heavy atom. The summed E-state index contributed by atoms with van der Waals surface area (Å²) in [5, 5.41) is 19.3. The fourth-order valence-corrected chi connectivity index (χ4v) is 1.79. The third-order valence-corrected chi connectivity index (χ3v) is 2.67. The maximum Gasteiger partial charge on any atom is 0.326 e. The van der Waals surface area contributed by atoms with E-state index in [1.54, 1.807) is 18.2 Å². The van der Waals surface area contributed by atoms with Gasteiger partial charge >= 0.3 is 5.97 Å². The van der Waals surface area contributed by atoms with Crippen molar-refractivity contribution in [3.63, 3.8) is 0 Å². The Balaban J connectivity index is 2.89. The fraction of sp³-hybridized carbons (Fsp3) is 0.167. The Bertz CT molecular complexity index is 644. The van der Waals surface area contributed by atoms with Crippen molar-refractivity contribution in [1.82, 2.24) is 4.57 Å². The zero-order valence-corrected chi connectivity index (χ0v) is 9.12. The summed E-state index contributed by atoms with van der Waals surface area (Å²) >= 11 is 0. The van der Waals surface area contributed by atoms with E-state index in [4.69, 9.17) is 5.11 Å². The number of carboxylic acids is 1. The molecule has 88 valence electrons. The minimum atomic E-state index is -1.12. The number of phenols is 1. The van der Waals surface area contributed by atoms with Crippen LogP contribution in [0.1, 0.15) is 13.0 Å². The average Bonchev–Trinajstić information content (AvgIpc) is 2.29. The van der Waals surface area contributed by atoms with Gasteiger partial charge in [-0.3, -0.25) is 9.36 Å². The molecule has 2 aromatic rings. The molecular formula is C12H11NO4. The summed E-state index contributed by atoms with van der Waals surface area (Å²) < 4.78 is 1.08. The molecule has 0 aliphatic rings. The van der Waals surface area contributed by atoms with E-state index >= 15 is 0 Å². The van der Waals surface area contributed by atoms with Gasteiger partial charge in [0.05, 0.1) is 5.52 Å². The van der Waals surface area contributed by atoms with Crippen molar-refractivity contribution >= 4 is 16.9 Å². The highest BCUT2D eigenvalue weighted by Crippen LogP contribution is 2.24. The Kier molecular flexibility index (Phi) is 2.59. The Labute approximate surface area is 96.5 Å². The minimum absolute atomic E-state index is 0.103. The van der Waals surface area contributed by atoms with Crippen molar-refractivity contribution in [2.24, 2.45) is 0 Å². The molecule has 1 aromatic carbocycles. The topological polar surface area (TPSA) is 79.5 Å². The number of benzene rings is 1. The van der Waals surface area contributed by atoms with E-state index in [-0.39, 0.29) is 11.3 Å². The number of rotatable bonds is 2. The van der Waals surface area contributed by atoms with Crippen LogP contribution in [0.4, 0.5) is 0 Å². The number of pyridine rings is 1. The summed E-state index contributed by atoms with van der Waals surface area (Å²) in [6.45, 7) is 1.40. The molecule has 5 nitrogen and oxygen atoms in total. The van der Waals surface area contributed by atoms with E-state index in [0.717, 1.165) is 4.57 Å². The molecule has 1 unspecified atom stereocenters. The van der Waals surface area contributed by atoms with Gasteiger partial charge in [0.2, 0.25) is 0 Å². The van der Waals surface area contributed by atoms with Gasteiger partial charge in [0.1, 0.15) is 11.8 Å². The number of para-hydroxylation sites is 1. The first-order valence-corrected chi connectivity index (χ1v) is 5.08. The van der Waals surface area contributed by atoms with Gasteiger partial charge < -0.3 is 10.2 Å². The van der Waals surface area contributed by atoms with Crippen LogP contribution in [0.25, 0.3) is 10.9 Å². The second-order valence-electron chi connectivity index (χ2n) is 3.77. The molecule has 0 aliphatic carbocycles. The standard InChI is InChI=1S/C12H11NO4/c1-7(12(16)17)13-10(15)6-5-8-3-2-4-9(14)11(8)13/h2-7,14H,1H3,(H,16,17). The highest BCUT2D eigenvalue weighted by Gasteiger charge is 2.18. The molecule has 0 spiro atoms. The van der Waals surface area contributed by atoms with Crippen molar-refractivity contribution in [3.05, 3.63) is 40.7 Å². The molecule has 0 saturated heterocycles. The van der Waals surface area contributed by atoms with Crippen molar-refractivity contribution in [2.75, 3.05) is 0 Å². The third kappa shape index (κ3) is 1.75. The number of carbonyl (C=O) groups is 1. The molecule has 2 N–H and O–H groups in total. The third-order valence-electron chi connectivity index (χ3n) is 2.67. The number of hydrogen-bond acceptors (Lipinski definition) is 3. The van der Waals surface area contributed by atoms with Gasteiger partial charge in [0.25, 0.3) is 5.56 Å². The predicted molar refractivity (Wildman–Crippen MR) is 62.2 cm³/mol. The number of hydrogen-bond donors (Lipinski definition) is 2. The van der Waals surface area contributed by atoms with Gasteiger partial charge in [-0.1, -0.05) is 12.1 Å². The van der Waals surface area contributed by atoms with Gasteiger partial charge in [-0.25, -0.2) is 4.79 Å². The first-order chi connectivity index (χ1) is 8.02. The van der Waals surface area contributed by atoms with Gasteiger partial charge in [-0.05, 0) is 19.1 Å². The number of phenolic OH excluding ortho intramolecular Hbond substituents is 1. The molecule has 1 heterocycles. The maximum atomic E-state index is 11.7. The second-order valence-corrected chi connectivity index (χ2v) is 3.77. The number of fused-ring (bicyclic) bond motifs is 1. The highest BCUT2D eigenvalue weighted by atomic mass is 16.4. The Hall–Kier alpha value is -2.30. The lowest BCUT2D eigenvalue weighted by Crippen LogP contribution is -2.27. The van der Waals surface area contributed by atoms with E-state index in [0.29, 0.717) is 5.39 Å². The minimum Gasteiger partial charge on any atom is -0.506 e. The van der Waals surface area contributed by atoms with Crippen LogP contribution in [0, 0.1) is 0 Å². The van der Waals surface area contributed by atoms with Gasteiger partial charge in [0, 0.05) is 11.5 Å². The van der Waals surface area contributed by atoms with Crippen molar-refractivity contribution in [1.29, 1.82) is 0 Å². The van der Waals surface area contributed by atoms with Crippen LogP contribution in [-0.4, -0.2) is 20.7 Å². The average molecular weight is 233 g/mol. The van der Waals surface area contributed by atoms with E-state index in [1.807, 2.05) is 0 Å². The SMILES string of the molecule is CC(C(=O)O)n1c(=O)ccc2cccc(O)c21. The number of aromatic nitrogens is 1. The van der Waals surface area contributed by atoms with Crippen molar-refractivity contribution < 1.29 is 15.0 Å². The van der Waals surface area contributed by atoms with E-state index in [1.165, 1.54) is 19.1 Å². The van der Waals surface area contributed by atoms with Crippen molar-refractivity contribution in [3.8, 4) is 5.75 Å². The first-order valence-electron chi connectivity index (χ1n) is 5.08. The normalized spacial score (nSPS) is 12.5. The Morgan fingerprint density at radius 2 is 2.00 bits per heavy atom. The van der Waals surface area contributed by atoms with Crippen LogP contribution >= 0.6 is 0 Å². The molecule has 1 atom stereocenters. The molecule has 5 heteroatoms. The summed E-state index contributed by atoms with van der Waals surface area (Å²) in [6, 6.07) is 6.59. The quantitative estimate of drug-likeness (QED) is 0.820. The second kappa shape index (κ2) is 3.93. The van der Waals surface area contributed by atoms with Crippen LogP contribution in [0.2, 0.25) is 0 Å². The van der Waals surface area contributed by atoms with Crippen LogP contribution in [0.15, 0.2) is 35.1 Å². The van der Waals surface area contributed by atoms with Crippen LogP contribution in [0.5, 0.6) is 5.75 Å². The lowest BCUT2D eigenvalue weighted by molar-refractivity contribution is -0.140. The predicted octanol–water partition coefficient (Wildman–Crippen LogP) is 1.35. The van der Waals surface area contributed by atoms with E-state index in [9.17, 15) is 14.7 Å². The molecule has 0 bridgehead atoms. The number of nitrogens with zero attached hydrogens (tertiary/aromatic N) is 1. The smallest absolute Gasteiger partial charge is 0.326 e. The molecule has 0 saturated carbocycles. The zero-order valence-electron chi connectivity index (χ0n) is 9.12. The summed E-state index contributed by atoms with van der Waals surface area (Å²) in [7, 11) is 0. The summed E-state index contributed by atoms with van der Waals surface area (Å²) in [5.74, 6) is -1.23. The maximum absolute atomic E-state index is 11.7. The Morgan fingerprint density at radius 1 is 1.29 bits per heavy atom. The van der Waals surface area contributed by atoms with E-state index in [2.05, 4.69) is 0 Å². The van der Waals surface area contributed by atoms with Crippen molar-refractivity contribution in [2.45, 2.75) is 13.0 Å².